The Hall–Kier alpha value is -2.53. The first-order chi connectivity index (χ1) is 10.5. The van der Waals surface area contributed by atoms with Crippen molar-refractivity contribution < 1.29 is 19.4 Å². The summed E-state index contributed by atoms with van der Waals surface area (Å²) in [6.45, 7) is 0. The zero-order valence-corrected chi connectivity index (χ0v) is 12.6. The Morgan fingerprint density at radius 2 is 1.86 bits per heavy atom. The monoisotopic (exact) mass is 319 g/mol. The van der Waals surface area contributed by atoms with E-state index in [1.807, 2.05) is 0 Å². The number of methoxy groups -OCH3 is 1. The molecule has 0 atom stereocenters. The van der Waals surface area contributed by atoms with Gasteiger partial charge in [0.05, 0.1) is 24.1 Å². The Kier molecular flexibility index (Phi) is 5.01. The number of aromatic carboxylic acids is 1. The van der Waals surface area contributed by atoms with Crippen LogP contribution in [0.5, 0.6) is 5.75 Å². The van der Waals surface area contributed by atoms with Crippen LogP contribution in [-0.2, 0) is 11.2 Å². The average Bonchev–Trinajstić information content (AvgIpc) is 2.47. The summed E-state index contributed by atoms with van der Waals surface area (Å²) in [7, 11) is 1.58. The van der Waals surface area contributed by atoms with Gasteiger partial charge < -0.3 is 15.2 Å². The van der Waals surface area contributed by atoms with Gasteiger partial charge in [0.15, 0.2) is 0 Å². The fourth-order valence-electron chi connectivity index (χ4n) is 1.90. The highest BCUT2D eigenvalue weighted by atomic mass is 35.5. The predicted octanol–water partition coefficient (Wildman–Crippen LogP) is 3.23. The first-order valence-electron chi connectivity index (χ1n) is 6.45. The van der Waals surface area contributed by atoms with Crippen molar-refractivity contribution in [1.82, 2.24) is 0 Å². The van der Waals surface area contributed by atoms with E-state index >= 15 is 0 Å². The second-order valence-electron chi connectivity index (χ2n) is 4.57. The third kappa shape index (κ3) is 3.99. The molecule has 2 N–H and O–H groups in total. The van der Waals surface area contributed by atoms with Gasteiger partial charge in [0.2, 0.25) is 5.91 Å². The number of carbonyl (C=O) groups excluding carboxylic acids is 1. The Morgan fingerprint density at radius 1 is 1.18 bits per heavy atom. The van der Waals surface area contributed by atoms with Crippen molar-refractivity contribution >= 4 is 29.2 Å². The van der Waals surface area contributed by atoms with Gasteiger partial charge in [-0.15, -0.1) is 0 Å². The number of rotatable bonds is 5. The zero-order chi connectivity index (χ0) is 16.1. The minimum atomic E-state index is -1.11. The molecule has 5 nitrogen and oxygen atoms in total. The van der Waals surface area contributed by atoms with E-state index in [-0.39, 0.29) is 22.9 Å². The van der Waals surface area contributed by atoms with Crippen LogP contribution in [0, 0.1) is 0 Å². The summed E-state index contributed by atoms with van der Waals surface area (Å²) in [6.07, 6.45) is 0.197. The van der Waals surface area contributed by atoms with E-state index in [0.29, 0.717) is 5.69 Å². The molecular weight excluding hydrogens is 306 g/mol. The lowest BCUT2D eigenvalue weighted by molar-refractivity contribution is -0.115. The number of ether oxygens (including phenoxy) is 1. The van der Waals surface area contributed by atoms with Crippen LogP contribution in [0.3, 0.4) is 0 Å². The Morgan fingerprint density at radius 3 is 2.41 bits per heavy atom. The molecule has 0 fully saturated rings. The van der Waals surface area contributed by atoms with E-state index in [0.717, 1.165) is 11.3 Å². The molecule has 0 bridgehead atoms. The molecule has 0 heterocycles. The molecule has 0 aliphatic heterocycles. The van der Waals surface area contributed by atoms with Gasteiger partial charge in [0.1, 0.15) is 5.75 Å². The molecule has 2 rings (SSSR count). The van der Waals surface area contributed by atoms with Crippen LogP contribution in [0.4, 0.5) is 5.69 Å². The zero-order valence-electron chi connectivity index (χ0n) is 11.8. The van der Waals surface area contributed by atoms with Crippen molar-refractivity contribution in [1.29, 1.82) is 0 Å². The molecule has 0 saturated carbocycles. The fraction of sp³-hybridized carbons (Fsp3) is 0.125. The third-order valence-electron chi connectivity index (χ3n) is 3.01. The molecule has 0 saturated heterocycles. The van der Waals surface area contributed by atoms with Gasteiger partial charge in [0, 0.05) is 5.69 Å². The van der Waals surface area contributed by atoms with E-state index < -0.39 is 5.97 Å². The molecule has 6 heteroatoms. The Labute approximate surface area is 132 Å². The van der Waals surface area contributed by atoms with Gasteiger partial charge >= 0.3 is 5.97 Å². The number of benzene rings is 2. The van der Waals surface area contributed by atoms with Crippen LogP contribution in [0.15, 0.2) is 42.5 Å². The number of anilines is 1. The summed E-state index contributed by atoms with van der Waals surface area (Å²) in [5.74, 6) is -0.606. The SMILES string of the molecule is COc1ccc(CC(=O)Nc2ccc(C(=O)O)c(Cl)c2)cc1. The fourth-order valence-corrected chi connectivity index (χ4v) is 2.16. The van der Waals surface area contributed by atoms with Gasteiger partial charge in [-0.1, -0.05) is 23.7 Å². The molecule has 0 aliphatic carbocycles. The number of hydrogen-bond acceptors (Lipinski definition) is 3. The lowest BCUT2D eigenvalue weighted by atomic mass is 10.1. The molecule has 0 aliphatic rings. The molecule has 2 aromatic carbocycles. The topological polar surface area (TPSA) is 75.6 Å². The predicted molar refractivity (Wildman–Crippen MR) is 83.7 cm³/mol. The normalized spacial score (nSPS) is 10.1. The van der Waals surface area contributed by atoms with Crippen molar-refractivity contribution in [3.63, 3.8) is 0 Å². The van der Waals surface area contributed by atoms with Crippen molar-refractivity contribution in [3.8, 4) is 5.75 Å². The minimum absolute atomic E-state index is 0.00480. The van der Waals surface area contributed by atoms with Gasteiger partial charge in [-0.3, -0.25) is 4.79 Å². The second kappa shape index (κ2) is 6.95. The lowest BCUT2D eigenvalue weighted by Crippen LogP contribution is -2.14. The molecule has 1 amide bonds. The first kappa shape index (κ1) is 15.9. The largest absolute Gasteiger partial charge is 0.497 e. The van der Waals surface area contributed by atoms with Crippen LogP contribution in [0.2, 0.25) is 5.02 Å². The van der Waals surface area contributed by atoms with Gasteiger partial charge in [0.25, 0.3) is 0 Å². The molecular formula is C16H14ClNO4. The average molecular weight is 320 g/mol. The minimum Gasteiger partial charge on any atom is -0.497 e. The number of hydrogen-bond donors (Lipinski definition) is 2. The van der Waals surface area contributed by atoms with Crippen molar-refractivity contribution in [3.05, 3.63) is 58.6 Å². The third-order valence-corrected chi connectivity index (χ3v) is 3.32. The van der Waals surface area contributed by atoms with Crippen LogP contribution in [0.25, 0.3) is 0 Å². The molecule has 2 aromatic rings. The second-order valence-corrected chi connectivity index (χ2v) is 4.98. The quantitative estimate of drug-likeness (QED) is 0.887. The maximum absolute atomic E-state index is 12.0. The molecule has 0 aromatic heterocycles. The van der Waals surface area contributed by atoms with E-state index in [1.165, 1.54) is 18.2 Å². The Balaban J connectivity index is 2.02. The number of amides is 1. The molecule has 22 heavy (non-hydrogen) atoms. The van der Waals surface area contributed by atoms with E-state index in [2.05, 4.69) is 5.32 Å². The summed E-state index contributed by atoms with van der Waals surface area (Å²) >= 11 is 5.86. The Bertz CT molecular complexity index is 698. The van der Waals surface area contributed by atoms with Crippen molar-refractivity contribution in [2.24, 2.45) is 0 Å². The number of halogens is 1. The van der Waals surface area contributed by atoms with Gasteiger partial charge in [-0.2, -0.15) is 0 Å². The van der Waals surface area contributed by atoms with E-state index in [1.54, 1.807) is 31.4 Å². The summed E-state index contributed by atoms with van der Waals surface area (Å²) in [5.41, 5.74) is 1.29. The van der Waals surface area contributed by atoms with Crippen LogP contribution in [-0.4, -0.2) is 24.1 Å². The summed E-state index contributed by atoms with van der Waals surface area (Å²) < 4.78 is 5.05. The highest BCUT2D eigenvalue weighted by Gasteiger charge is 2.10. The van der Waals surface area contributed by atoms with E-state index in [9.17, 15) is 9.59 Å². The van der Waals surface area contributed by atoms with Crippen molar-refractivity contribution in [2.45, 2.75) is 6.42 Å². The molecule has 0 radical (unpaired) electrons. The summed E-state index contributed by atoms with van der Waals surface area (Å²) in [4.78, 5) is 22.8. The standard InChI is InChI=1S/C16H14ClNO4/c1-22-12-5-2-10(3-6-12)8-15(19)18-11-4-7-13(16(20)21)14(17)9-11/h2-7,9H,8H2,1H3,(H,18,19)(H,20,21). The molecule has 0 spiro atoms. The van der Waals surface area contributed by atoms with Gasteiger partial charge in [-0.05, 0) is 35.9 Å². The first-order valence-corrected chi connectivity index (χ1v) is 6.83. The molecule has 0 unspecified atom stereocenters. The number of carboxylic acid groups (broad SMARTS) is 1. The summed E-state index contributed by atoms with van der Waals surface area (Å²) in [5, 5.41) is 11.7. The highest BCUT2D eigenvalue weighted by Crippen LogP contribution is 2.21. The van der Waals surface area contributed by atoms with Crippen molar-refractivity contribution in [2.75, 3.05) is 12.4 Å². The maximum atomic E-state index is 12.0. The maximum Gasteiger partial charge on any atom is 0.337 e. The van der Waals surface area contributed by atoms with Gasteiger partial charge in [-0.25, -0.2) is 4.79 Å². The lowest BCUT2D eigenvalue weighted by Gasteiger charge is -2.07. The van der Waals surface area contributed by atoms with Crippen LogP contribution < -0.4 is 10.1 Å². The van der Waals surface area contributed by atoms with Crippen LogP contribution in [0.1, 0.15) is 15.9 Å². The number of nitrogens with one attached hydrogen (secondary N) is 1. The summed E-state index contributed by atoms with van der Waals surface area (Å²) in [6, 6.07) is 11.4. The highest BCUT2D eigenvalue weighted by molar-refractivity contribution is 6.33. The van der Waals surface area contributed by atoms with Crippen LogP contribution >= 0.6 is 11.6 Å². The molecule has 114 valence electrons. The van der Waals surface area contributed by atoms with E-state index in [4.69, 9.17) is 21.4 Å². The number of carbonyl (C=O) groups is 2. The number of carboxylic acids is 1. The smallest absolute Gasteiger partial charge is 0.337 e.